The number of carbonyl (C=O) groups is 3. The Morgan fingerprint density at radius 3 is 1.53 bits per heavy atom. The minimum atomic E-state index is -5.05. The molecule has 0 aromatic heterocycles. The van der Waals surface area contributed by atoms with Crippen LogP contribution >= 0.6 is 0 Å². The molecule has 0 aliphatic carbocycles. The number of ether oxygens (including phenoxy) is 1. The molecule has 4 atom stereocenters. The summed E-state index contributed by atoms with van der Waals surface area (Å²) in [5.74, 6) is -4.88. The lowest BCUT2D eigenvalue weighted by molar-refractivity contribution is -0.191. The van der Waals surface area contributed by atoms with Gasteiger partial charge in [0.2, 0.25) is 0 Å². The van der Waals surface area contributed by atoms with Crippen molar-refractivity contribution in [3.8, 4) is 0 Å². The van der Waals surface area contributed by atoms with Crippen molar-refractivity contribution in [2.45, 2.75) is 76.7 Å². The molecule has 47 heavy (non-hydrogen) atoms. The molecule has 2 aliphatic heterocycles. The van der Waals surface area contributed by atoms with E-state index >= 15 is 0 Å². The first-order valence-corrected chi connectivity index (χ1v) is 14.6. The monoisotopic (exact) mass is 680 g/mol. The molecule has 4 rings (SSSR count). The van der Waals surface area contributed by atoms with Crippen LogP contribution < -0.4 is 5.32 Å². The molecule has 2 heterocycles. The summed E-state index contributed by atoms with van der Waals surface area (Å²) < 4.78 is 108. The lowest BCUT2D eigenvalue weighted by Crippen LogP contribution is -2.59. The maximum absolute atomic E-state index is 13.2. The van der Waals surface area contributed by atoms with Gasteiger partial charge in [0.25, 0.3) is 0 Å². The Morgan fingerprint density at radius 2 is 1.11 bits per heavy atom. The summed E-state index contributed by atoms with van der Waals surface area (Å²) in [6.07, 6.45) is -10.6. The van der Waals surface area contributed by atoms with Gasteiger partial charge in [-0.25, -0.2) is 13.6 Å². The first-order valence-electron chi connectivity index (χ1n) is 14.6. The minimum absolute atomic E-state index is 0.0413. The first-order chi connectivity index (χ1) is 21.6. The predicted octanol–water partition coefficient (Wildman–Crippen LogP) is 6.15. The molecule has 0 spiro atoms. The third-order valence-corrected chi connectivity index (χ3v) is 7.39. The number of hydrogen-bond acceptors (Lipinski definition) is 5. The van der Waals surface area contributed by atoms with Crippen LogP contribution in [0.5, 0.6) is 0 Å². The van der Waals surface area contributed by atoms with E-state index < -0.39 is 65.6 Å². The van der Waals surface area contributed by atoms with Crippen molar-refractivity contribution < 1.29 is 54.2 Å². The van der Waals surface area contributed by atoms with Crippen molar-refractivity contribution in [1.29, 1.82) is 0 Å². The zero-order valence-corrected chi connectivity index (χ0v) is 26.3. The van der Waals surface area contributed by atoms with Gasteiger partial charge in [0.15, 0.2) is 0 Å². The van der Waals surface area contributed by atoms with Crippen molar-refractivity contribution in [3.63, 3.8) is 0 Å². The number of rotatable bonds is 2. The highest BCUT2D eigenvalue weighted by atomic mass is 19.4. The number of nitrogens with one attached hydrogen (secondary N) is 1. The van der Waals surface area contributed by atoms with Gasteiger partial charge in [-0.05, 0) is 70.0 Å². The zero-order valence-electron chi connectivity index (χ0n) is 26.3. The maximum Gasteiger partial charge on any atom is 0.471 e. The van der Waals surface area contributed by atoms with Crippen LogP contribution in [-0.4, -0.2) is 88.8 Å². The molecule has 3 amide bonds. The molecular weight excluding hydrogens is 644 g/mol. The van der Waals surface area contributed by atoms with Crippen LogP contribution in [0.4, 0.5) is 39.9 Å². The topological polar surface area (TPSA) is 82.2 Å². The Bertz CT molecular complexity index is 1390. The van der Waals surface area contributed by atoms with Crippen molar-refractivity contribution >= 4 is 17.9 Å². The SMILES string of the molecule is C[C@@H]1CN(C(=O)C(F)(F)F)[C@@H](c2ccc(F)cc2)CN1.C[C@@H]1CN(C(=O)C(F)(F)F)[C@@H](c2ccc(F)cc2)CN1C(=O)OC(C)(C)C. The van der Waals surface area contributed by atoms with E-state index in [1.54, 1.807) is 34.6 Å². The molecule has 2 saturated heterocycles. The van der Waals surface area contributed by atoms with Gasteiger partial charge in [-0.1, -0.05) is 24.3 Å². The Balaban J connectivity index is 0.000000267. The highest BCUT2D eigenvalue weighted by Gasteiger charge is 2.49. The Morgan fingerprint density at radius 1 is 0.681 bits per heavy atom. The fourth-order valence-corrected chi connectivity index (χ4v) is 5.19. The Kier molecular flexibility index (Phi) is 11.5. The van der Waals surface area contributed by atoms with E-state index in [2.05, 4.69) is 5.32 Å². The highest BCUT2D eigenvalue weighted by molar-refractivity contribution is 5.83. The van der Waals surface area contributed by atoms with Crippen LogP contribution in [0.1, 0.15) is 57.8 Å². The van der Waals surface area contributed by atoms with Crippen molar-refractivity contribution in [1.82, 2.24) is 20.0 Å². The standard InChI is InChI=1S/C18H22F4N2O3.C13H14F4N2O/c1-11-9-24(15(25)18(20,21)22)14(12-5-7-13(19)8-6-12)10-23(11)16(26)27-17(2,3)4;1-8-7-19(12(20)13(15,16)17)11(6-18-8)9-2-4-10(14)5-3-9/h5-8,11,14H,9-10H2,1-4H3;2-5,8,11,18H,6-7H2,1H3/t11-,14-;8-,11-/m11/s1. The van der Waals surface area contributed by atoms with Gasteiger partial charge in [0, 0.05) is 38.3 Å². The summed E-state index contributed by atoms with van der Waals surface area (Å²) >= 11 is 0. The van der Waals surface area contributed by atoms with Gasteiger partial charge in [0.05, 0.1) is 12.1 Å². The number of carbonyl (C=O) groups excluding carboxylic acids is 3. The van der Waals surface area contributed by atoms with E-state index in [-0.39, 0.29) is 32.2 Å². The molecule has 0 unspecified atom stereocenters. The van der Waals surface area contributed by atoms with Gasteiger partial charge in [-0.3, -0.25) is 9.59 Å². The molecule has 8 nitrogen and oxygen atoms in total. The Labute approximate surface area is 266 Å². The van der Waals surface area contributed by atoms with E-state index in [1.165, 1.54) is 41.3 Å². The van der Waals surface area contributed by atoms with Crippen molar-refractivity contribution in [2.75, 3.05) is 26.2 Å². The van der Waals surface area contributed by atoms with Crippen LogP contribution in [-0.2, 0) is 14.3 Å². The minimum Gasteiger partial charge on any atom is -0.444 e. The van der Waals surface area contributed by atoms with Gasteiger partial charge in [0.1, 0.15) is 17.2 Å². The molecule has 0 radical (unpaired) electrons. The maximum atomic E-state index is 13.2. The number of piperazine rings is 2. The van der Waals surface area contributed by atoms with Gasteiger partial charge in [-0.15, -0.1) is 0 Å². The van der Waals surface area contributed by atoms with E-state index in [9.17, 15) is 49.5 Å². The molecule has 2 aromatic carbocycles. The normalized spacial score (nSPS) is 22.3. The summed E-state index contributed by atoms with van der Waals surface area (Å²) in [6, 6.07) is 7.23. The zero-order chi connectivity index (χ0) is 35.5. The number of amides is 3. The summed E-state index contributed by atoms with van der Waals surface area (Å²) in [6.45, 7) is 7.93. The van der Waals surface area contributed by atoms with Crippen LogP contribution in [0.15, 0.2) is 48.5 Å². The second-order valence-corrected chi connectivity index (χ2v) is 12.3. The summed E-state index contributed by atoms with van der Waals surface area (Å²) in [5.41, 5.74) is -0.000893. The molecule has 2 aliphatic rings. The number of hydrogen-bond donors (Lipinski definition) is 1. The predicted molar refractivity (Wildman–Crippen MR) is 154 cm³/mol. The summed E-state index contributed by atoms with van der Waals surface area (Å²) in [4.78, 5) is 38.6. The number of benzene rings is 2. The first kappa shape index (κ1) is 37.5. The van der Waals surface area contributed by atoms with Gasteiger partial charge < -0.3 is 24.8 Å². The second-order valence-electron chi connectivity index (χ2n) is 12.3. The molecule has 16 heteroatoms. The summed E-state index contributed by atoms with van der Waals surface area (Å²) in [5, 5.41) is 3.03. The number of nitrogens with zero attached hydrogens (tertiary/aromatic N) is 3. The molecule has 0 bridgehead atoms. The fraction of sp³-hybridized carbons (Fsp3) is 0.516. The van der Waals surface area contributed by atoms with Gasteiger partial charge in [-0.2, -0.15) is 26.3 Å². The molecule has 1 N–H and O–H groups in total. The molecular formula is C31H36F8N4O4. The van der Waals surface area contributed by atoms with E-state index in [4.69, 9.17) is 4.74 Å². The average molecular weight is 681 g/mol. The lowest BCUT2D eigenvalue weighted by Gasteiger charge is -2.45. The van der Waals surface area contributed by atoms with Crippen LogP contribution in [0.25, 0.3) is 0 Å². The number of halogens is 8. The second kappa shape index (κ2) is 14.4. The average Bonchev–Trinajstić information content (AvgIpc) is 2.95. The molecule has 2 fully saturated rings. The lowest BCUT2D eigenvalue weighted by atomic mass is 9.99. The third-order valence-electron chi connectivity index (χ3n) is 7.39. The Hall–Kier alpha value is -3.95. The highest BCUT2D eigenvalue weighted by Crippen LogP contribution is 2.33. The largest absolute Gasteiger partial charge is 0.471 e. The van der Waals surface area contributed by atoms with Crippen LogP contribution in [0, 0.1) is 11.6 Å². The van der Waals surface area contributed by atoms with E-state index in [0.29, 0.717) is 16.0 Å². The van der Waals surface area contributed by atoms with Crippen molar-refractivity contribution in [3.05, 3.63) is 71.3 Å². The van der Waals surface area contributed by atoms with Crippen molar-refractivity contribution in [2.24, 2.45) is 0 Å². The van der Waals surface area contributed by atoms with Crippen LogP contribution in [0.3, 0.4) is 0 Å². The van der Waals surface area contributed by atoms with Crippen LogP contribution in [0.2, 0.25) is 0 Å². The smallest absolute Gasteiger partial charge is 0.444 e. The van der Waals surface area contributed by atoms with E-state index in [1.807, 2.05) is 0 Å². The molecule has 0 saturated carbocycles. The third kappa shape index (κ3) is 10.0. The molecule has 260 valence electrons. The van der Waals surface area contributed by atoms with Gasteiger partial charge >= 0.3 is 30.3 Å². The number of alkyl halides is 6. The summed E-state index contributed by atoms with van der Waals surface area (Å²) in [7, 11) is 0. The quantitative estimate of drug-likeness (QED) is 0.386. The fourth-order valence-electron chi connectivity index (χ4n) is 5.19. The molecule has 2 aromatic rings. The van der Waals surface area contributed by atoms with E-state index in [0.717, 1.165) is 17.0 Å².